The van der Waals surface area contributed by atoms with Crippen LogP contribution < -0.4 is 10.6 Å². The molecule has 2 N–H and O–H groups in total. The van der Waals surface area contributed by atoms with E-state index >= 15 is 0 Å². The minimum absolute atomic E-state index is 0.133. The van der Waals surface area contributed by atoms with Crippen LogP contribution in [-0.4, -0.2) is 29.2 Å². The number of ether oxygens (including phenoxy) is 2. The molecule has 37 heavy (non-hydrogen) atoms. The summed E-state index contributed by atoms with van der Waals surface area (Å²) in [5.41, 5.74) is 2.68. The molecule has 0 saturated carbocycles. The number of halogens is 1. The van der Waals surface area contributed by atoms with Crippen molar-refractivity contribution in [3.05, 3.63) is 87.7 Å². The minimum atomic E-state index is -0.665. The molecule has 8 heteroatoms. The van der Waals surface area contributed by atoms with E-state index in [1.165, 1.54) is 17.0 Å². The molecule has 0 radical (unpaired) electrons. The van der Waals surface area contributed by atoms with Crippen LogP contribution in [0, 0.1) is 5.82 Å². The minimum Gasteiger partial charge on any atom is -0.482 e. The quantitative estimate of drug-likeness (QED) is 0.362. The monoisotopic (exact) mass is 517 g/mol. The van der Waals surface area contributed by atoms with Crippen molar-refractivity contribution in [2.45, 2.75) is 50.9 Å². The van der Waals surface area contributed by atoms with Gasteiger partial charge in [0.25, 0.3) is 5.91 Å². The van der Waals surface area contributed by atoms with Gasteiger partial charge in [-0.25, -0.2) is 9.37 Å². The summed E-state index contributed by atoms with van der Waals surface area (Å²) in [7, 11) is 0. The topological polar surface area (TPSA) is 72.5 Å². The van der Waals surface area contributed by atoms with E-state index in [1.807, 2.05) is 38.3 Å². The summed E-state index contributed by atoms with van der Waals surface area (Å²) in [4.78, 5) is 18.7. The van der Waals surface area contributed by atoms with Crippen LogP contribution in [0.3, 0.4) is 0 Å². The zero-order valence-electron chi connectivity index (χ0n) is 20.7. The maximum absolute atomic E-state index is 13.7. The Balaban J connectivity index is 1.27. The third kappa shape index (κ3) is 4.67. The molecule has 1 fully saturated rings. The highest BCUT2D eigenvalue weighted by Gasteiger charge is 2.38. The van der Waals surface area contributed by atoms with E-state index in [0.717, 1.165) is 42.8 Å². The molecule has 1 saturated heterocycles. The fourth-order valence-electron chi connectivity index (χ4n) is 5.25. The molecule has 0 spiro atoms. The van der Waals surface area contributed by atoms with E-state index in [-0.39, 0.29) is 18.1 Å². The third-order valence-electron chi connectivity index (χ3n) is 7.07. The number of anilines is 2. The zero-order valence-corrected chi connectivity index (χ0v) is 21.5. The average Bonchev–Trinajstić information content (AvgIpc) is 3.65. The van der Waals surface area contributed by atoms with Crippen molar-refractivity contribution in [3.63, 3.8) is 0 Å². The van der Waals surface area contributed by atoms with Crippen LogP contribution in [0.5, 0.6) is 0 Å². The Hall–Kier alpha value is -3.49. The van der Waals surface area contributed by atoms with E-state index in [0.29, 0.717) is 22.6 Å². The van der Waals surface area contributed by atoms with Gasteiger partial charge in [0.05, 0.1) is 23.4 Å². The third-order valence-corrected chi connectivity index (χ3v) is 8.05. The first-order chi connectivity index (χ1) is 17.9. The molecule has 3 aliphatic rings. The highest BCUT2D eigenvalue weighted by Crippen LogP contribution is 2.44. The number of hydrogen-bond donors (Lipinski definition) is 2. The van der Waals surface area contributed by atoms with Crippen LogP contribution >= 0.6 is 11.3 Å². The van der Waals surface area contributed by atoms with Crippen LogP contribution in [-0.2, 0) is 14.3 Å². The Bertz CT molecular complexity index is 1390. The molecule has 0 aliphatic carbocycles. The summed E-state index contributed by atoms with van der Waals surface area (Å²) in [5, 5.41) is 8.43. The van der Waals surface area contributed by atoms with Gasteiger partial charge in [0.1, 0.15) is 23.0 Å². The van der Waals surface area contributed by atoms with Crippen LogP contribution in [0.1, 0.15) is 55.2 Å². The smallest absolute Gasteiger partial charge is 0.260 e. The fraction of sp³-hybridized carbons (Fsp3) is 0.310. The molecule has 1 aromatic carbocycles. The number of carbonyl (C=O) groups excluding carboxylic acids is 1. The number of nitrogens with zero attached hydrogens (tertiary/aromatic N) is 1. The number of fused-ring (bicyclic) bond motifs is 1. The maximum Gasteiger partial charge on any atom is 0.260 e. The number of rotatable bonds is 6. The van der Waals surface area contributed by atoms with E-state index in [2.05, 4.69) is 28.1 Å². The summed E-state index contributed by atoms with van der Waals surface area (Å²) >= 11 is 1.74. The summed E-state index contributed by atoms with van der Waals surface area (Å²) in [6.07, 6.45) is 7.10. The first kappa shape index (κ1) is 23.9. The van der Waals surface area contributed by atoms with Gasteiger partial charge < -0.3 is 20.1 Å². The number of hydrogen-bond acceptors (Lipinski definition) is 6. The number of pyridine rings is 1. The lowest BCUT2D eigenvalue weighted by molar-refractivity contribution is -0.111. The molecule has 3 aromatic rings. The summed E-state index contributed by atoms with van der Waals surface area (Å²) in [6, 6.07) is 12.6. The molecule has 2 atom stereocenters. The Morgan fingerprint density at radius 1 is 1.27 bits per heavy atom. The molecular weight excluding hydrogens is 489 g/mol. The zero-order chi connectivity index (χ0) is 25.6. The van der Waals surface area contributed by atoms with Gasteiger partial charge in [0.2, 0.25) is 0 Å². The number of nitrogens with one attached hydrogen (secondary N) is 2. The maximum atomic E-state index is 13.7. The predicted octanol–water partition coefficient (Wildman–Crippen LogP) is 6.56. The van der Waals surface area contributed by atoms with E-state index < -0.39 is 11.4 Å². The summed E-state index contributed by atoms with van der Waals surface area (Å²) in [5.74, 6) is 0.569. The second-order valence-corrected chi connectivity index (χ2v) is 11.0. The van der Waals surface area contributed by atoms with Crippen molar-refractivity contribution in [2.24, 2.45) is 0 Å². The Kier molecular flexibility index (Phi) is 6.09. The molecular formula is C29H28FN3O3S. The van der Waals surface area contributed by atoms with Gasteiger partial charge in [-0.15, -0.1) is 11.3 Å². The normalized spacial score (nSPS) is 22.8. The van der Waals surface area contributed by atoms with Gasteiger partial charge in [0.15, 0.2) is 0 Å². The van der Waals surface area contributed by atoms with Crippen LogP contribution in [0.2, 0.25) is 0 Å². The van der Waals surface area contributed by atoms with E-state index in [4.69, 9.17) is 14.5 Å². The van der Waals surface area contributed by atoms with Crippen molar-refractivity contribution < 1.29 is 18.7 Å². The number of carbonyl (C=O) groups is 1. The van der Waals surface area contributed by atoms with Gasteiger partial charge >= 0.3 is 0 Å². The summed E-state index contributed by atoms with van der Waals surface area (Å²) in [6.45, 7) is 4.76. The van der Waals surface area contributed by atoms with E-state index in [9.17, 15) is 9.18 Å². The highest BCUT2D eigenvalue weighted by molar-refractivity contribution is 7.10. The molecule has 3 aliphatic heterocycles. The molecule has 6 nitrogen and oxygen atoms in total. The Morgan fingerprint density at radius 3 is 2.89 bits per heavy atom. The van der Waals surface area contributed by atoms with Gasteiger partial charge in [0, 0.05) is 34.4 Å². The molecule has 1 amide bonds. The van der Waals surface area contributed by atoms with Gasteiger partial charge in [-0.1, -0.05) is 6.07 Å². The average molecular weight is 518 g/mol. The van der Waals surface area contributed by atoms with Crippen LogP contribution in [0.25, 0.3) is 11.1 Å². The standard InChI is InChI=1S/C29H28FN3O3S/c1-29(2)21(15-24(36-29)27-20-9-8-18(30)13-22(20)33-28(27)34)17-7-10-26(31-16-17)32-23(25-6-4-12-37-25)14-19-5-3-11-35-19/h4,6-10,12-13,15-16,19,23H,3,5,11,14H2,1-2H3,(H,31,32)(H,33,34)/b27-24+. The largest absolute Gasteiger partial charge is 0.482 e. The lowest BCUT2D eigenvalue weighted by Gasteiger charge is -2.24. The van der Waals surface area contributed by atoms with Crippen LogP contribution in [0.4, 0.5) is 15.9 Å². The molecule has 6 rings (SSSR count). The lowest BCUT2D eigenvalue weighted by atomic mass is 9.93. The summed E-state index contributed by atoms with van der Waals surface area (Å²) < 4.78 is 25.8. The van der Waals surface area contributed by atoms with Crippen molar-refractivity contribution >= 4 is 39.9 Å². The molecule has 0 bridgehead atoms. The van der Waals surface area contributed by atoms with Gasteiger partial charge in [-0.2, -0.15) is 0 Å². The van der Waals surface area contributed by atoms with Crippen molar-refractivity contribution in [1.29, 1.82) is 0 Å². The Morgan fingerprint density at radius 2 is 2.16 bits per heavy atom. The van der Waals surface area contributed by atoms with Crippen molar-refractivity contribution in [3.8, 4) is 0 Å². The Labute approximate surface area is 219 Å². The number of thiophene rings is 1. The van der Waals surface area contributed by atoms with Crippen LogP contribution in [0.15, 0.2) is 65.9 Å². The molecule has 190 valence electrons. The number of amides is 1. The molecule has 2 aromatic heterocycles. The number of benzene rings is 1. The van der Waals surface area contributed by atoms with Gasteiger partial charge in [-0.3, -0.25) is 4.79 Å². The number of aromatic nitrogens is 1. The number of allylic oxidation sites excluding steroid dienone is 1. The van der Waals surface area contributed by atoms with E-state index in [1.54, 1.807) is 17.4 Å². The van der Waals surface area contributed by atoms with Gasteiger partial charge in [-0.05, 0) is 81.0 Å². The first-order valence-electron chi connectivity index (χ1n) is 12.5. The predicted molar refractivity (Wildman–Crippen MR) is 144 cm³/mol. The highest BCUT2D eigenvalue weighted by atomic mass is 32.1. The lowest BCUT2D eigenvalue weighted by Crippen LogP contribution is -2.21. The molecule has 2 unspecified atom stereocenters. The first-order valence-corrected chi connectivity index (χ1v) is 13.4. The van der Waals surface area contributed by atoms with Crippen molar-refractivity contribution in [2.75, 3.05) is 17.2 Å². The van der Waals surface area contributed by atoms with Crippen molar-refractivity contribution in [1.82, 2.24) is 4.98 Å². The SMILES string of the molecule is CC1(C)O/C(=C2/C(=O)Nc3cc(F)ccc32)C=C1c1ccc(NC(CC2CCCO2)c2cccs2)nc1. The molecule has 5 heterocycles. The second-order valence-electron chi connectivity index (χ2n) is 10.1. The second kappa shape index (κ2) is 9.43. The fourth-order valence-corrected chi connectivity index (χ4v) is 6.04.